The Morgan fingerprint density at radius 2 is 1.75 bits per heavy atom. The quantitative estimate of drug-likeness (QED) is 0.330. The normalized spacial score (nSPS) is 31.3. The minimum Gasteiger partial charge on any atom is -0.510 e. The molecule has 0 aliphatic heterocycles. The summed E-state index contributed by atoms with van der Waals surface area (Å²) in [6.45, 7) is 0. The summed E-state index contributed by atoms with van der Waals surface area (Å²) in [4.78, 5) is 38.0. The second kappa shape index (κ2) is 6.39. The van der Waals surface area contributed by atoms with Crippen LogP contribution in [-0.4, -0.2) is 49.5 Å². The first-order chi connectivity index (χ1) is 15.0. The zero-order chi connectivity index (χ0) is 23.3. The van der Waals surface area contributed by atoms with Gasteiger partial charge in [0.25, 0.3) is 5.91 Å². The van der Waals surface area contributed by atoms with Crippen LogP contribution in [0.4, 0.5) is 4.39 Å². The Morgan fingerprint density at radius 1 is 1.09 bits per heavy atom. The number of primary amides is 1. The van der Waals surface area contributed by atoms with E-state index in [1.165, 1.54) is 0 Å². The Bertz CT molecular complexity index is 1220. The number of fused-ring (bicyclic) bond motifs is 4. The Kier molecular flexibility index (Phi) is 4.13. The maximum atomic E-state index is 15.2. The third-order valence-corrected chi connectivity index (χ3v) is 7.42. The number of benzene rings is 1. The highest BCUT2D eigenvalue weighted by atomic mass is 19.1. The SMILES string of the molecule is NC(=O)C1=C(O)[C@@H](N)[C@@H]2C[C@@H]3Cc4c(F)c5c(c(O)c4C(=O)C3=C(O)[C@]2(O)C1=O)CCC5. The molecule has 0 unspecified atom stereocenters. The van der Waals surface area contributed by atoms with E-state index in [1.807, 2.05) is 0 Å². The number of phenolic OH excluding ortho intramolecular Hbond substituents is 1. The predicted molar refractivity (Wildman–Crippen MR) is 106 cm³/mol. The first-order valence-electron chi connectivity index (χ1n) is 10.3. The standard InChI is InChI=1S/C22H21FN2O7/c23-14-7-2-1-3-8(7)16(26)12-9(14)4-6-5-10-15(24)18(28)13(21(25)31)20(30)22(10,32)19(29)11(6)17(12)27/h6,10,15,26,28-29,32H,1-5,24H2,(H2,25,31)/t6-,10-,15-,22-/m0/s1. The first kappa shape index (κ1) is 20.7. The van der Waals surface area contributed by atoms with Crippen molar-refractivity contribution >= 4 is 17.5 Å². The number of Topliss-reactive ketones (excluding diaryl/α,β-unsaturated/α-hetero) is 2. The molecule has 4 aliphatic carbocycles. The van der Waals surface area contributed by atoms with E-state index < -0.39 is 63.9 Å². The van der Waals surface area contributed by atoms with Gasteiger partial charge in [0, 0.05) is 22.6 Å². The van der Waals surface area contributed by atoms with Crippen LogP contribution in [0.1, 0.15) is 39.9 Å². The van der Waals surface area contributed by atoms with Gasteiger partial charge in [-0.3, -0.25) is 14.4 Å². The number of aromatic hydroxyl groups is 1. The molecule has 9 nitrogen and oxygen atoms in total. The van der Waals surface area contributed by atoms with E-state index in [4.69, 9.17) is 11.5 Å². The lowest BCUT2D eigenvalue weighted by Gasteiger charge is -2.47. The maximum absolute atomic E-state index is 15.2. The molecule has 1 aromatic rings. The highest BCUT2D eigenvalue weighted by Gasteiger charge is 2.62. The molecule has 8 N–H and O–H groups in total. The molecule has 0 saturated heterocycles. The molecule has 168 valence electrons. The summed E-state index contributed by atoms with van der Waals surface area (Å²) in [6.07, 6.45) is 1.24. The van der Waals surface area contributed by atoms with Crippen molar-refractivity contribution in [3.63, 3.8) is 0 Å². The molecule has 4 aliphatic rings. The fraction of sp³-hybridized carbons (Fsp3) is 0.409. The predicted octanol–water partition coefficient (Wildman–Crippen LogP) is 0.145. The van der Waals surface area contributed by atoms with Crippen molar-refractivity contribution in [3.8, 4) is 5.75 Å². The van der Waals surface area contributed by atoms with Crippen molar-refractivity contribution in [1.29, 1.82) is 0 Å². The molecule has 0 spiro atoms. The van der Waals surface area contributed by atoms with Crippen LogP contribution in [0.25, 0.3) is 0 Å². The largest absolute Gasteiger partial charge is 0.510 e. The van der Waals surface area contributed by atoms with Crippen LogP contribution < -0.4 is 11.5 Å². The van der Waals surface area contributed by atoms with Gasteiger partial charge >= 0.3 is 0 Å². The third-order valence-electron chi connectivity index (χ3n) is 7.42. The number of aliphatic hydroxyl groups excluding tert-OH is 2. The Hall–Kier alpha value is -3.24. The molecule has 0 saturated carbocycles. The molecule has 0 heterocycles. The topological polar surface area (TPSA) is 184 Å². The molecule has 4 atom stereocenters. The second-order valence-corrected chi connectivity index (χ2v) is 8.91. The number of rotatable bonds is 1. The number of phenols is 1. The fourth-order valence-corrected chi connectivity index (χ4v) is 5.88. The van der Waals surface area contributed by atoms with E-state index in [9.17, 15) is 34.8 Å². The lowest BCUT2D eigenvalue weighted by atomic mass is 9.59. The minimum atomic E-state index is -2.76. The van der Waals surface area contributed by atoms with Gasteiger partial charge in [0.1, 0.15) is 28.7 Å². The summed E-state index contributed by atoms with van der Waals surface area (Å²) in [6, 6.07) is -1.43. The second-order valence-electron chi connectivity index (χ2n) is 8.91. The molecule has 0 radical (unpaired) electrons. The van der Waals surface area contributed by atoms with Crippen LogP contribution in [0.3, 0.4) is 0 Å². The van der Waals surface area contributed by atoms with Gasteiger partial charge in [-0.2, -0.15) is 0 Å². The molecule has 5 rings (SSSR count). The molecule has 0 aromatic heterocycles. The number of nitrogens with two attached hydrogens (primary N) is 2. The number of allylic oxidation sites excluding steroid dienone is 1. The molecule has 0 fully saturated rings. The zero-order valence-corrected chi connectivity index (χ0v) is 16.8. The van der Waals surface area contributed by atoms with Crippen molar-refractivity contribution < 1.29 is 39.2 Å². The number of ketones is 2. The number of aliphatic hydroxyl groups is 3. The van der Waals surface area contributed by atoms with Gasteiger partial charge in [-0.25, -0.2) is 4.39 Å². The Balaban J connectivity index is 1.73. The average Bonchev–Trinajstić information content (AvgIpc) is 3.23. The van der Waals surface area contributed by atoms with Crippen molar-refractivity contribution in [2.24, 2.45) is 23.3 Å². The van der Waals surface area contributed by atoms with Crippen LogP contribution >= 0.6 is 0 Å². The third kappa shape index (κ3) is 2.25. The summed E-state index contributed by atoms with van der Waals surface area (Å²) in [5, 5.41) is 43.2. The van der Waals surface area contributed by atoms with Crippen molar-refractivity contribution in [2.45, 2.75) is 43.7 Å². The maximum Gasteiger partial charge on any atom is 0.255 e. The summed E-state index contributed by atoms with van der Waals surface area (Å²) >= 11 is 0. The molecular formula is C22H21FN2O7. The number of carbonyl (C=O) groups is 3. The minimum absolute atomic E-state index is 0.0217. The van der Waals surface area contributed by atoms with Crippen LogP contribution in [0.15, 0.2) is 22.7 Å². The number of halogens is 1. The highest BCUT2D eigenvalue weighted by Crippen LogP contribution is 2.52. The molecule has 32 heavy (non-hydrogen) atoms. The Morgan fingerprint density at radius 3 is 2.41 bits per heavy atom. The van der Waals surface area contributed by atoms with Crippen LogP contribution in [-0.2, 0) is 28.9 Å². The van der Waals surface area contributed by atoms with Gasteiger partial charge in [-0.05, 0) is 43.6 Å². The average molecular weight is 444 g/mol. The van der Waals surface area contributed by atoms with Gasteiger partial charge in [-0.15, -0.1) is 0 Å². The number of amides is 1. The van der Waals surface area contributed by atoms with E-state index >= 15 is 4.39 Å². The molecule has 1 aromatic carbocycles. The first-order valence-corrected chi connectivity index (χ1v) is 10.3. The van der Waals surface area contributed by atoms with E-state index in [0.29, 0.717) is 30.4 Å². The van der Waals surface area contributed by atoms with E-state index in [1.54, 1.807) is 0 Å². The molecular weight excluding hydrogens is 423 g/mol. The van der Waals surface area contributed by atoms with Gasteiger partial charge in [-0.1, -0.05) is 0 Å². The zero-order valence-electron chi connectivity index (χ0n) is 16.8. The van der Waals surface area contributed by atoms with Gasteiger partial charge < -0.3 is 31.9 Å². The van der Waals surface area contributed by atoms with Crippen molar-refractivity contribution in [3.05, 3.63) is 50.7 Å². The van der Waals surface area contributed by atoms with Crippen LogP contribution in [0.5, 0.6) is 5.75 Å². The molecule has 10 heteroatoms. The van der Waals surface area contributed by atoms with Crippen LogP contribution in [0.2, 0.25) is 0 Å². The summed E-state index contributed by atoms with van der Waals surface area (Å²) in [7, 11) is 0. The Labute approximate surface area is 180 Å². The van der Waals surface area contributed by atoms with Gasteiger partial charge in [0.2, 0.25) is 5.78 Å². The summed E-state index contributed by atoms with van der Waals surface area (Å²) in [5.74, 6) is -8.45. The number of hydrogen-bond acceptors (Lipinski definition) is 8. The van der Waals surface area contributed by atoms with E-state index in [2.05, 4.69) is 0 Å². The van der Waals surface area contributed by atoms with Gasteiger partial charge in [0.05, 0.1) is 11.6 Å². The highest BCUT2D eigenvalue weighted by molar-refractivity contribution is 6.24. The van der Waals surface area contributed by atoms with Crippen molar-refractivity contribution in [1.82, 2.24) is 0 Å². The number of hydrogen-bond donors (Lipinski definition) is 6. The molecule has 1 amide bonds. The summed E-state index contributed by atoms with van der Waals surface area (Å²) < 4.78 is 15.2. The van der Waals surface area contributed by atoms with E-state index in [0.717, 1.165) is 0 Å². The van der Waals surface area contributed by atoms with Crippen molar-refractivity contribution in [2.75, 3.05) is 0 Å². The fourth-order valence-electron chi connectivity index (χ4n) is 5.88. The monoisotopic (exact) mass is 444 g/mol. The van der Waals surface area contributed by atoms with Gasteiger partial charge in [0.15, 0.2) is 11.4 Å². The smallest absolute Gasteiger partial charge is 0.255 e. The lowest BCUT2D eigenvalue weighted by Crippen LogP contribution is -2.63. The van der Waals surface area contributed by atoms with Crippen LogP contribution in [0, 0.1) is 17.7 Å². The van der Waals surface area contributed by atoms with E-state index in [-0.39, 0.29) is 35.3 Å². The summed E-state index contributed by atoms with van der Waals surface area (Å²) in [5.41, 5.74) is 7.55. The lowest BCUT2D eigenvalue weighted by molar-refractivity contribution is -0.145. The molecule has 0 bridgehead atoms. The number of carbonyl (C=O) groups excluding carboxylic acids is 3.